The van der Waals surface area contributed by atoms with E-state index in [1.807, 2.05) is 12.3 Å². The summed E-state index contributed by atoms with van der Waals surface area (Å²) < 4.78 is 0. The minimum Gasteiger partial charge on any atom is -0.353 e. The number of benzene rings is 2. The molecule has 1 aliphatic carbocycles. The number of hydrogen-bond acceptors (Lipinski definition) is 4. The summed E-state index contributed by atoms with van der Waals surface area (Å²) in [4.78, 5) is 20.7. The lowest BCUT2D eigenvalue weighted by Crippen LogP contribution is -2.18. The van der Waals surface area contributed by atoms with Crippen molar-refractivity contribution < 1.29 is 4.79 Å². The highest BCUT2D eigenvalue weighted by molar-refractivity contribution is 7.08. The standard InChI is InChI=1S/C32H29N5OS/c38-31(13-20-5-2-1-3-6-20)34-24-14-23(17-33-18-24)21-9-10-29-27(15-21)32(37-36-29)30-16-26-25(22-11-12-39-19-22)7-4-8-28(26)35-30/h4,7-12,14-20,35H,1-3,5-6,13H2,(H,34,38)(H,36,37). The number of aromatic amines is 2. The molecule has 7 rings (SSSR count). The van der Waals surface area contributed by atoms with Gasteiger partial charge in [-0.15, -0.1) is 0 Å². The molecule has 1 fully saturated rings. The molecule has 0 radical (unpaired) electrons. The van der Waals surface area contributed by atoms with Crippen LogP contribution in [0.5, 0.6) is 0 Å². The molecular formula is C32H29N5OS. The van der Waals surface area contributed by atoms with Crippen molar-refractivity contribution in [2.75, 3.05) is 5.32 Å². The van der Waals surface area contributed by atoms with Gasteiger partial charge in [-0.3, -0.25) is 14.9 Å². The Labute approximate surface area is 230 Å². The lowest BCUT2D eigenvalue weighted by atomic mass is 9.87. The van der Waals surface area contributed by atoms with Gasteiger partial charge in [-0.2, -0.15) is 16.4 Å². The second kappa shape index (κ2) is 10.2. The number of aromatic nitrogens is 4. The number of carbonyl (C=O) groups excluding carboxylic acids is 1. The number of H-pyrrole nitrogens is 2. The summed E-state index contributed by atoms with van der Waals surface area (Å²) in [5.74, 6) is 0.580. The van der Waals surface area contributed by atoms with Crippen molar-refractivity contribution in [3.05, 3.63) is 77.8 Å². The van der Waals surface area contributed by atoms with Crippen LogP contribution in [0.4, 0.5) is 5.69 Å². The molecule has 0 aliphatic heterocycles. The first-order valence-corrected chi connectivity index (χ1v) is 14.5. The van der Waals surface area contributed by atoms with Crippen molar-refractivity contribution in [2.45, 2.75) is 38.5 Å². The highest BCUT2D eigenvalue weighted by Gasteiger charge is 2.18. The van der Waals surface area contributed by atoms with Crippen LogP contribution >= 0.6 is 11.3 Å². The van der Waals surface area contributed by atoms with E-state index in [-0.39, 0.29) is 5.91 Å². The van der Waals surface area contributed by atoms with Crippen LogP contribution in [-0.2, 0) is 4.79 Å². The Kier molecular flexibility index (Phi) is 6.21. The molecule has 39 heavy (non-hydrogen) atoms. The quantitative estimate of drug-likeness (QED) is 0.202. The first-order valence-electron chi connectivity index (χ1n) is 13.6. The summed E-state index contributed by atoms with van der Waals surface area (Å²) in [6, 6.07) is 19.0. The summed E-state index contributed by atoms with van der Waals surface area (Å²) in [6.45, 7) is 0. The molecule has 0 bridgehead atoms. The lowest BCUT2D eigenvalue weighted by Gasteiger charge is -2.20. The van der Waals surface area contributed by atoms with Crippen molar-refractivity contribution in [3.63, 3.8) is 0 Å². The zero-order valence-electron chi connectivity index (χ0n) is 21.5. The van der Waals surface area contributed by atoms with Crippen molar-refractivity contribution in [3.8, 4) is 33.6 Å². The molecule has 3 N–H and O–H groups in total. The van der Waals surface area contributed by atoms with Gasteiger partial charge >= 0.3 is 0 Å². The maximum Gasteiger partial charge on any atom is 0.224 e. The predicted molar refractivity (Wildman–Crippen MR) is 160 cm³/mol. The number of nitrogens with one attached hydrogen (secondary N) is 3. The van der Waals surface area contributed by atoms with Crippen LogP contribution in [0.2, 0.25) is 0 Å². The Hall–Kier alpha value is -4.23. The molecule has 6 aromatic rings. The van der Waals surface area contributed by atoms with Crippen LogP contribution in [0.15, 0.2) is 77.8 Å². The predicted octanol–water partition coefficient (Wildman–Crippen LogP) is 8.41. The van der Waals surface area contributed by atoms with Crippen LogP contribution in [0, 0.1) is 5.92 Å². The Morgan fingerprint density at radius 1 is 0.923 bits per heavy atom. The minimum absolute atomic E-state index is 0.0778. The van der Waals surface area contributed by atoms with Crippen molar-refractivity contribution in [2.24, 2.45) is 5.92 Å². The smallest absolute Gasteiger partial charge is 0.224 e. The third kappa shape index (κ3) is 4.74. The van der Waals surface area contributed by atoms with E-state index in [0.29, 0.717) is 12.3 Å². The Morgan fingerprint density at radius 3 is 2.72 bits per heavy atom. The minimum atomic E-state index is 0.0778. The van der Waals surface area contributed by atoms with Crippen LogP contribution in [-0.4, -0.2) is 26.1 Å². The van der Waals surface area contributed by atoms with Crippen LogP contribution < -0.4 is 5.32 Å². The fourth-order valence-corrected chi connectivity index (χ4v) is 6.54. The molecule has 0 unspecified atom stereocenters. The lowest BCUT2D eigenvalue weighted by molar-refractivity contribution is -0.117. The van der Waals surface area contributed by atoms with Gasteiger partial charge in [-0.05, 0) is 82.6 Å². The van der Waals surface area contributed by atoms with E-state index < -0.39 is 0 Å². The van der Waals surface area contributed by atoms with Gasteiger partial charge in [-0.25, -0.2) is 0 Å². The van der Waals surface area contributed by atoms with Gasteiger partial charge in [0, 0.05) is 34.5 Å². The maximum atomic E-state index is 12.7. The number of hydrogen-bond donors (Lipinski definition) is 3. The molecule has 0 saturated heterocycles. The topological polar surface area (TPSA) is 86.5 Å². The molecule has 1 aliphatic rings. The number of thiophene rings is 1. The van der Waals surface area contributed by atoms with Crippen LogP contribution in [0.25, 0.3) is 55.4 Å². The summed E-state index contributed by atoms with van der Waals surface area (Å²) in [6.07, 6.45) is 10.2. The van der Waals surface area contributed by atoms with Crippen molar-refractivity contribution >= 4 is 44.7 Å². The highest BCUT2D eigenvalue weighted by Crippen LogP contribution is 2.36. The average Bonchev–Trinajstić information content (AvgIpc) is 3.73. The number of anilines is 1. The third-order valence-corrected chi connectivity index (χ3v) is 8.55. The number of pyridine rings is 1. The largest absolute Gasteiger partial charge is 0.353 e. The van der Waals surface area contributed by atoms with Gasteiger partial charge in [0.1, 0.15) is 5.69 Å². The molecule has 2 aromatic carbocycles. The first-order chi connectivity index (χ1) is 19.2. The molecule has 6 nitrogen and oxygen atoms in total. The second-order valence-corrected chi connectivity index (χ2v) is 11.3. The number of amides is 1. The van der Waals surface area contributed by atoms with Crippen LogP contribution in [0.3, 0.4) is 0 Å². The zero-order chi connectivity index (χ0) is 26.2. The van der Waals surface area contributed by atoms with E-state index in [0.717, 1.165) is 57.5 Å². The number of rotatable bonds is 6. The summed E-state index contributed by atoms with van der Waals surface area (Å²) in [5, 5.41) is 17.4. The zero-order valence-corrected chi connectivity index (χ0v) is 22.4. The van der Waals surface area contributed by atoms with Gasteiger partial charge in [0.25, 0.3) is 0 Å². The molecule has 0 atom stereocenters. The number of fused-ring (bicyclic) bond motifs is 2. The van der Waals surface area contributed by atoms with E-state index in [2.05, 4.69) is 84.8 Å². The Morgan fingerprint density at radius 2 is 1.85 bits per heavy atom. The number of carbonyl (C=O) groups is 1. The van der Waals surface area contributed by atoms with E-state index in [1.165, 1.54) is 35.8 Å². The van der Waals surface area contributed by atoms with Crippen LogP contribution in [0.1, 0.15) is 38.5 Å². The van der Waals surface area contributed by atoms with E-state index in [1.54, 1.807) is 17.5 Å². The van der Waals surface area contributed by atoms with Gasteiger partial charge in [0.15, 0.2) is 0 Å². The van der Waals surface area contributed by atoms with Gasteiger partial charge in [0.05, 0.1) is 23.1 Å². The second-order valence-electron chi connectivity index (χ2n) is 10.5. The average molecular weight is 532 g/mol. The monoisotopic (exact) mass is 531 g/mol. The molecule has 4 heterocycles. The highest BCUT2D eigenvalue weighted by atomic mass is 32.1. The molecule has 1 amide bonds. The number of nitrogens with zero attached hydrogens (tertiary/aromatic N) is 2. The maximum absolute atomic E-state index is 12.7. The van der Waals surface area contributed by atoms with Crippen molar-refractivity contribution in [1.29, 1.82) is 0 Å². The third-order valence-electron chi connectivity index (χ3n) is 7.87. The first kappa shape index (κ1) is 23.9. The fourth-order valence-electron chi connectivity index (χ4n) is 5.88. The molecule has 4 aromatic heterocycles. The summed E-state index contributed by atoms with van der Waals surface area (Å²) >= 11 is 1.70. The fraction of sp³-hybridized carbons (Fsp3) is 0.219. The summed E-state index contributed by atoms with van der Waals surface area (Å²) in [7, 11) is 0. The van der Waals surface area contributed by atoms with Gasteiger partial charge < -0.3 is 10.3 Å². The molecule has 0 spiro atoms. The van der Waals surface area contributed by atoms with E-state index in [9.17, 15) is 4.79 Å². The molecule has 194 valence electrons. The molecule has 1 saturated carbocycles. The Balaban J connectivity index is 1.19. The molecule has 7 heteroatoms. The van der Waals surface area contributed by atoms with E-state index in [4.69, 9.17) is 0 Å². The van der Waals surface area contributed by atoms with E-state index >= 15 is 0 Å². The SMILES string of the molecule is O=C(CC1CCCCC1)Nc1cncc(-c2ccc3[nH]nc(-c4cc5c(-c6ccsc6)cccc5[nH]4)c3c2)c1. The normalized spacial score (nSPS) is 14.3. The summed E-state index contributed by atoms with van der Waals surface area (Å²) in [5.41, 5.74) is 9.05. The van der Waals surface area contributed by atoms with Crippen molar-refractivity contribution in [1.82, 2.24) is 20.2 Å². The van der Waals surface area contributed by atoms with Gasteiger partial charge in [-0.1, -0.05) is 37.5 Å². The van der Waals surface area contributed by atoms with Gasteiger partial charge in [0.2, 0.25) is 5.91 Å². The Bertz CT molecular complexity index is 1780. The molecular weight excluding hydrogens is 502 g/mol.